The predicted octanol–water partition coefficient (Wildman–Crippen LogP) is 2.04. The van der Waals surface area contributed by atoms with Gasteiger partial charge in [0, 0.05) is 18.1 Å². The van der Waals surface area contributed by atoms with Crippen molar-refractivity contribution in [2.45, 2.75) is 32.2 Å². The Labute approximate surface area is 122 Å². The van der Waals surface area contributed by atoms with Gasteiger partial charge in [0.05, 0.1) is 7.11 Å². The smallest absolute Gasteiger partial charge is 0.147 e. The molecule has 5 heteroatoms. The fourth-order valence-corrected chi connectivity index (χ4v) is 2.93. The third-order valence-electron chi connectivity index (χ3n) is 3.18. The molecule has 1 unspecified atom stereocenters. The minimum absolute atomic E-state index is 0.257. The van der Waals surface area contributed by atoms with Crippen LogP contribution in [0, 0.1) is 0 Å². The summed E-state index contributed by atoms with van der Waals surface area (Å²) >= 11 is 0. The summed E-state index contributed by atoms with van der Waals surface area (Å²) in [6, 6.07) is 8.31. The average Bonchev–Trinajstić information content (AvgIpc) is 2.37. The molecule has 0 fully saturated rings. The van der Waals surface area contributed by atoms with E-state index in [1.165, 1.54) is 11.8 Å². The second kappa shape index (κ2) is 8.27. The van der Waals surface area contributed by atoms with Crippen LogP contribution in [0.25, 0.3) is 0 Å². The largest absolute Gasteiger partial charge is 0.497 e. The molecule has 4 nitrogen and oxygen atoms in total. The van der Waals surface area contributed by atoms with Gasteiger partial charge in [0.15, 0.2) is 0 Å². The summed E-state index contributed by atoms with van der Waals surface area (Å²) in [6.45, 7) is 2.95. The van der Waals surface area contributed by atoms with Crippen LogP contribution < -0.4 is 10.1 Å². The van der Waals surface area contributed by atoms with E-state index < -0.39 is 9.84 Å². The van der Waals surface area contributed by atoms with Crippen molar-refractivity contribution >= 4 is 9.84 Å². The van der Waals surface area contributed by atoms with Crippen molar-refractivity contribution < 1.29 is 13.2 Å². The zero-order valence-corrected chi connectivity index (χ0v) is 13.4. The number of methoxy groups -OCH3 is 1. The van der Waals surface area contributed by atoms with Crippen LogP contribution in [0.15, 0.2) is 24.3 Å². The highest BCUT2D eigenvalue weighted by Gasteiger charge is 2.11. The van der Waals surface area contributed by atoms with Gasteiger partial charge < -0.3 is 10.1 Å². The van der Waals surface area contributed by atoms with Gasteiger partial charge in [-0.2, -0.15) is 0 Å². The topological polar surface area (TPSA) is 55.4 Å². The molecule has 0 heterocycles. The quantitative estimate of drug-likeness (QED) is 0.758. The summed E-state index contributed by atoms with van der Waals surface area (Å²) in [5, 5.41) is 3.42. The van der Waals surface area contributed by atoms with Crippen LogP contribution in [0.2, 0.25) is 0 Å². The van der Waals surface area contributed by atoms with Crippen LogP contribution in [-0.4, -0.2) is 40.1 Å². The van der Waals surface area contributed by atoms with Crippen LogP contribution in [0.4, 0.5) is 0 Å². The van der Waals surface area contributed by atoms with Gasteiger partial charge in [-0.25, -0.2) is 8.42 Å². The van der Waals surface area contributed by atoms with E-state index in [2.05, 4.69) is 18.3 Å². The summed E-state index contributed by atoms with van der Waals surface area (Å²) in [6.07, 6.45) is 3.73. The lowest BCUT2D eigenvalue weighted by atomic mass is 10.0. The molecule has 0 bridgehead atoms. The zero-order chi connectivity index (χ0) is 15.0. The normalized spacial score (nSPS) is 13.2. The van der Waals surface area contributed by atoms with Crippen molar-refractivity contribution in [3.63, 3.8) is 0 Å². The number of benzene rings is 1. The first kappa shape index (κ1) is 17.0. The number of nitrogens with one attached hydrogen (secondary N) is 1. The van der Waals surface area contributed by atoms with Crippen molar-refractivity contribution in [2.24, 2.45) is 0 Å². The van der Waals surface area contributed by atoms with Gasteiger partial charge >= 0.3 is 0 Å². The molecule has 0 aliphatic heterocycles. The van der Waals surface area contributed by atoms with Crippen molar-refractivity contribution in [1.29, 1.82) is 0 Å². The maximum atomic E-state index is 11.2. The highest BCUT2D eigenvalue weighted by molar-refractivity contribution is 7.90. The minimum atomic E-state index is -2.87. The molecule has 0 amide bonds. The van der Waals surface area contributed by atoms with Gasteiger partial charge in [0.25, 0.3) is 0 Å². The zero-order valence-electron chi connectivity index (χ0n) is 12.6. The summed E-state index contributed by atoms with van der Waals surface area (Å²) in [5.74, 6) is 1.11. The fourth-order valence-electron chi connectivity index (χ4n) is 2.24. The third kappa shape index (κ3) is 6.91. The number of hydrogen-bond acceptors (Lipinski definition) is 4. The molecule has 114 valence electrons. The molecule has 1 rings (SSSR count). The van der Waals surface area contributed by atoms with Crippen LogP contribution >= 0.6 is 0 Å². The summed E-state index contributed by atoms with van der Waals surface area (Å²) < 4.78 is 27.6. The van der Waals surface area contributed by atoms with Crippen LogP contribution in [0.1, 0.15) is 25.3 Å². The lowest BCUT2D eigenvalue weighted by Crippen LogP contribution is -2.31. The average molecular weight is 299 g/mol. The van der Waals surface area contributed by atoms with Gasteiger partial charge in [0.2, 0.25) is 0 Å². The monoisotopic (exact) mass is 299 g/mol. The molecule has 1 atom stereocenters. The van der Waals surface area contributed by atoms with Crippen molar-refractivity contribution in [3.8, 4) is 5.75 Å². The van der Waals surface area contributed by atoms with Crippen LogP contribution in [-0.2, 0) is 16.3 Å². The van der Waals surface area contributed by atoms with Gasteiger partial charge in [-0.15, -0.1) is 0 Å². The Morgan fingerprint density at radius 3 is 2.70 bits per heavy atom. The molecule has 0 radical (unpaired) electrons. The fraction of sp³-hybridized carbons (Fsp3) is 0.600. The molecule has 0 saturated carbocycles. The SMILES string of the molecule is CCNC(CCCS(C)(=O)=O)Cc1cccc(OC)c1. The number of rotatable bonds is 9. The lowest BCUT2D eigenvalue weighted by Gasteiger charge is -2.18. The molecule has 0 spiro atoms. The van der Waals surface area contributed by atoms with Gasteiger partial charge in [-0.3, -0.25) is 0 Å². The minimum Gasteiger partial charge on any atom is -0.497 e. The van der Waals surface area contributed by atoms with Gasteiger partial charge in [-0.1, -0.05) is 19.1 Å². The molecule has 0 aliphatic rings. The highest BCUT2D eigenvalue weighted by Crippen LogP contribution is 2.15. The van der Waals surface area contributed by atoms with E-state index in [4.69, 9.17) is 4.74 Å². The second-order valence-electron chi connectivity index (χ2n) is 5.08. The Balaban J connectivity index is 2.57. The Kier molecular flexibility index (Phi) is 7.02. The summed E-state index contributed by atoms with van der Waals surface area (Å²) in [7, 11) is -1.21. The van der Waals surface area contributed by atoms with E-state index in [0.29, 0.717) is 12.5 Å². The number of ether oxygens (including phenoxy) is 1. The Morgan fingerprint density at radius 1 is 1.35 bits per heavy atom. The number of likely N-dealkylation sites (N-methyl/N-ethyl adjacent to an activating group) is 1. The molecule has 0 aliphatic carbocycles. The van der Waals surface area contributed by atoms with E-state index in [1.54, 1.807) is 7.11 Å². The highest BCUT2D eigenvalue weighted by atomic mass is 32.2. The standard InChI is InChI=1S/C15H25NO3S/c1-4-16-14(8-6-10-20(3,17)18)11-13-7-5-9-15(12-13)19-2/h5,7,9,12,14,16H,4,6,8,10-11H2,1-3H3. The first-order chi connectivity index (χ1) is 9.44. The molecule has 1 aromatic carbocycles. The Bertz CT molecular complexity index is 500. The molecular weight excluding hydrogens is 274 g/mol. The molecule has 1 N–H and O–H groups in total. The summed E-state index contributed by atoms with van der Waals surface area (Å²) in [5.41, 5.74) is 1.20. The third-order valence-corrected chi connectivity index (χ3v) is 4.21. The molecular formula is C15H25NO3S. The van der Waals surface area contributed by atoms with Crippen molar-refractivity contribution in [3.05, 3.63) is 29.8 Å². The second-order valence-corrected chi connectivity index (χ2v) is 7.34. The van der Waals surface area contributed by atoms with Crippen LogP contribution in [0.3, 0.4) is 0 Å². The Hall–Kier alpha value is -1.07. The molecule has 0 saturated heterocycles. The molecule has 1 aromatic rings. The van der Waals surface area contributed by atoms with Crippen LogP contribution in [0.5, 0.6) is 5.75 Å². The summed E-state index contributed by atoms with van der Waals surface area (Å²) in [4.78, 5) is 0. The van der Waals surface area contributed by atoms with Gasteiger partial charge in [-0.05, 0) is 43.5 Å². The predicted molar refractivity (Wildman–Crippen MR) is 83.1 cm³/mol. The van der Waals surface area contributed by atoms with E-state index in [9.17, 15) is 8.42 Å². The van der Waals surface area contributed by atoms with E-state index in [1.807, 2.05) is 18.2 Å². The van der Waals surface area contributed by atoms with E-state index >= 15 is 0 Å². The molecule has 0 aromatic heterocycles. The molecule has 20 heavy (non-hydrogen) atoms. The van der Waals surface area contributed by atoms with Gasteiger partial charge in [0.1, 0.15) is 15.6 Å². The van der Waals surface area contributed by atoms with E-state index in [0.717, 1.165) is 25.1 Å². The number of hydrogen-bond donors (Lipinski definition) is 1. The lowest BCUT2D eigenvalue weighted by molar-refractivity contribution is 0.413. The maximum Gasteiger partial charge on any atom is 0.147 e. The van der Waals surface area contributed by atoms with Crippen molar-refractivity contribution in [2.75, 3.05) is 25.7 Å². The first-order valence-electron chi connectivity index (χ1n) is 6.98. The maximum absolute atomic E-state index is 11.2. The number of sulfone groups is 1. The van der Waals surface area contributed by atoms with E-state index in [-0.39, 0.29) is 5.75 Å². The first-order valence-corrected chi connectivity index (χ1v) is 9.04. The Morgan fingerprint density at radius 2 is 2.10 bits per heavy atom. The van der Waals surface area contributed by atoms with Crippen molar-refractivity contribution in [1.82, 2.24) is 5.32 Å².